The fourth-order valence-electron chi connectivity index (χ4n) is 1.18. The molecular formula is C11H14N2O3. The number of rotatable bonds is 4. The number of pyridine rings is 1. The van der Waals surface area contributed by atoms with Gasteiger partial charge in [0.05, 0.1) is 11.8 Å². The van der Waals surface area contributed by atoms with Gasteiger partial charge in [0.25, 0.3) is 0 Å². The van der Waals surface area contributed by atoms with Gasteiger partial charge in [-0.1, -0.05) is 19.9 Å². The van der Waals surface area contributed by atoms with Crippen molar-refractivity contribution < 1.29 is 14.7 Å². The van der Waals surface area contributed by atoms with Crippen LogP contribution in [0.15, 0.2) is 24.4 Å². The summed E-state index contributed by atoms with van der Waals surface area (Å²) in [5.41, 5.74) is -0.955. The van der Waals surface area contributed by atoms with Crippen LogP contribution in [0.4, 0.5) is 5.82 Å². The summed E-state index contributed by atoms with van der Waals surface area (Å²) in [6.07, 6.45) is 1.34. The highest BCUT2D eigenvalue weighted by molar-refractivity contribution is 5.96. The first-order valence-electron chi connectivity index (χ1n) is 4.86. The number of nitrogens with zero attached hydrogens (tertiary/aromatic N) is 1. The molecule has 0 atom stereocenters. The zero-order chi connectivity index (χ0) is 12.2. The highest BCUT2D eigenvalue weighted by Crippen LogP contribution is 2.22. The van der Waals surface area contributed by atoms with Crippen molar-refractivity contribution in [1.29, 1.82) is 0 Å². The number of hydrogen-bond donors (Lipinski definition) is 2. The Kier molecular flexibility index (Phi) is 3.60. The molecule has 1 aromatic heterocycles. The first-order chi connectivity index (χ1) is 7.42. The highest BCUT2D eigenvalue weighted by atomic mass is 16.4. The maximum atomic E-state index is 11.8. The molecule has 16 heavy (non-hydrogen) atoms. The number of aromatic nitrogens is 1. The summed E-state index contributed by atoms with van der Waals surface area (Å²) in [5, 5.41) is 11.2. The normalized spacial score (nSPS) is 10.9. The lowest BCUT2D eigenvalue weighted by atomic mass is 9.88. The number of anilines is 1. The molecule has 2 N–H and O–H groups in total. The number of carboxylic acid groups (broad SMARTS) is 1. The fraction of sp³-hybridized carbons (Fsp3) is 0.364. The third-order valence-corrected chi connectivity index (χ3v) is 2.11. The largest absolute Gasteiger partial charge is 0.481 e. The molecule has 5 nitrogen and oxygen atoms in total. The third-order valence-electron chi connectivity index (χ3n) is 2.11. The van der Waals surface area contributed by atoms with E-state index < -0.39 is 11.4 Å². The molecule has 0 aliphatic carbocycles. The minimum atomic E-state index is -0.999. The number of hydrogen-bond acceptors (Lipinski definition) is 3. The smallest absolute Gasteiger partial charge is 0.304 e. The van der Waals surface area contributed by atoms with E-state index in [4.69, 9.17) is 5.11 Å². The Hall–Kier alpha value is -1.91. The van der Waals surface area contributed by atoms with Crippen LogP contribution < -0.4 is 5.32 Å². The van der Waals surface area contributed by atoms with E-state index in [1.165, 1.54) is 0 Å². The van der Waals surface area contributed by atoms with Gasteiger partial charge in [-0.3, -0.25) is 9.59 Å². The molecular weight excluding hydrogens is 208 g/mol. The van der Waals surface area contributed by atoms with E-state index in [2.05, 4.69) is 10.3 Å². The molecule has 86 valence electrons. The molecule has 1 aromatic rings. The van der Waals surface area contributed by atoms with Gasteiger partial charge in [0.2, 0.25) is 5.91 Å². The van der Waals surface area contributed by atoms with E-state index in [-0.39, 0.29) is 12.3 Å². The topological polar surface area (TPSA) is 79.3 Å². The van der Waals surface area contributed by atoms with Crippen LogP contribution in [-0.2, 0) is 9.59 Å². The Morgan fingerprint density at radius 1 is 1.44 bits per heavy atom. The van der Waals surface area contributed by atoms with Crippen LogP contribution in [0.2, 0.25) is 0 Å². The first kappa shape index (κ1) is 12.2. The third kappa shape index (κ3) is 3.34. The summed E-state index contributed by atoms with van der Waals surface area (Å²) in [7, 11) is 0. The summed E-state index contributed by atoms with van der Waals surface area (Å²) < 4.78 is 0. The second-order valence-corrected chi connectivity index (χ2v) is 4.12. The standard InChI is InChI=1S/C11H14N2O3/c1-11(2,7-9(14)15)10(16)13-8-5-3-4-6-12-8/h3-6H,7H2,1-2H3,(H,14,15)(H,12,13,16). The zero-order valence-corrected chi connectivity index (χ0v) is 9.23. The number of aliphatic carboxylic acids is 1. The van der Waals surface area contributed by atoms with Gasteiger partial charge in [-0.15, -0.1) is 0 Å². The molecule has 5 heteroatoms. The van der Waals surface area contributed by atoms with E-state index in [0.717, 1.165) is 0 Å². The van der Waals surface area contributed by atoms with Gasteiger partial charge >= 0.3 is 5.97 Å². The van der Waals surface area contributed by atoms with Gasteiger partial charge < -0.3 is 10.4 Å². The van der Waals surface area contributed by atoms with E-state index in [1.807, 2.05) is 0 Å². The Morgan fingerprint density at radius 2 is 2.12 bits per heavy atom. The Morgan fingerprint density at radius 3 is 2.62 bits per heavy atom. The van der Waals surface area contributed by atoms with Gasteiger partial charge in [-0.05, 0) is 12.1 Å². The molecule has 0 saturated heterocycles. The van der Waals surface area contributed by atoms with Gasteiger partial charge in [-0.25, -0.2) is 4.98 Å². The lowest BCUT2D eigenvalue weighted by Gasteiger charge is -2.20. The molecule has 0 aliphatic rings. The number of carbonyl (C=O) groups excluding carboxylic acids is 1. The number of carboxylic acids is 1. The summed E-state index contributed by atoms with van der Waals surface area (Å²) in [6, 6.07) is 5.12. The number of amides is 1. The van der Waals surface area contributed by atoms with E-state index in [1.54, 1.807) is 38.2 Å². The second-order valence-electron chi connectivity index (χ2n) is 4.12. The molecule has 1 amide bonds. The van der Waals surface area contributed by atoms with Crippen LogP contribution in [0, 0.1) is 5.41 Å². The Balaban J connectivity index is 2.68. The van der Waals surface area contributed by atoms with Crippen LogP contribution in [0.5, 0.6) is 0 Å². The molecule has 0 aliphatic heterocycles. The minimum absolute atomic E-state index is 0.217. The number of carbonyl (C=O) groups is 2. The highest BCUT2D eigenvalue weighted by Gasteiger charge is 2.30. The molecule has 0 saturated carbocycles. The molecule has 1 rings (SSSR count). The van der Waals surface area contributed by atoms with Crippen molar-refractivity contribution in [3.8, 4) is 0 Å². The van der Waals surface area contributed by atoms with Crippen molar-refractivity contribution in [3.05, 3.63) is 24.4 Å². The molecule has 0 aromatic carbocycles. The summed E-state index contributed by atoms with van der Waals surface area (Å²) >= 11 is 0. The average Bonchev–Trinajstić information content (AvgIpc) is 2.17. The van der Waals surface area contributed by atoms with Crippen LogP contribution in [0.3, 0.4) is 0 Å². The van der Waals surface area contributed by atoms with Crippen molar-refractivity contribution in [2.24, 2.45) is 5.41 Å². The first-order valence-corrected chi connectivity index (χ1v) is 4.86. The number of nitrogens with one attached hydrogen (secondary N) is 1. The molecule has 0 radical (unpaired) electrons. The van der Waals surface area contributed by atoms with E-state index in [0.29, 0.717) is 5.82 Å². The van der Waals surface area contributed by atoms with Gasteiger partial charge in [0.15, 0.2) is 0 Å². The van der Waals surface area contributed by atoms with Crippen LogP contribution in [-0.4, -0.2) is 22.0 Å². The molecule has 0 spiro atoms. The second kappa shape index (κ2) is 4.74. The Labute approximate surface area is 93.5 Å². The van der Waals surface area contributed by atoms with Gasteiger partial charge in [-0.2, -0.15) is 0 Å². The average molecular weight is 222 g/mol. The maximum absolute atomic E-state index is 11.8. The summed E-state index contributed by atoms with van der Waals surface area (Å²) in [4.78, 5) is 26.3. The van der Waals surface area contributed by atoms with Crippen molar-refractivity contribution in [2.45, 2.75) is 20.3 Å². The van der Waals surface area contributed by atoms with Gasteiger partial charge in [0, 0.05) is 6.20 Å². The fourth-order valence-corrected chi connectivity index (χ4v) is 1.18. The predicted octanol–water partition coefficient (Wildman–Crippen LogP) is 1.52. The molecule has 0 unspecified atom stereocenters. The van der Waals surface area contributed by atoms with Crippen molar-refractivity contribution in [2.75, 3.05) is 5.32 Å². The maximum Gasteiger partial charge on any atom is 0.304 e. The van der Waals surface area contributed by atoms with E-state index in [9.17, 15) is 9.59 Å². The Bertz CT molecular complexity index is 387. The molecule has 1 heterocycles. The van der Waals surface area contributed by atoms with E-state index >= 15 is 0 Å². The summed E-state index contributed by atoms with van der Waals surface area (Å²) in [6.45, 7) is 3.17. The zero-order valence-electron chi connectivity index (χ0n) is 9.23. The quantitative estimate of drug-likeness (QED) is 0.809. The lowest BCUT2D eigenvalue weighted by molar-refractivity contribution is -0.142. The SMILES string of the molecule is CC(C)(CC(=O)O)C(=O)Nc1ccccn1. The molecule has 0 bridgehead atoms. The predicted molar refractivity (Wildman–Crippen MR) is 58.9 cm³/mol. The lowest BCUT2D eigenvalue weighted by Crippen LogP contribution is -2.33. The van der Waals surface area contributed by atoms with Crippen molar-refractivity contribution >= 4 is 17.7 Å². The monoisotopic (exact) mass is 222 g/mol. The van der Waals surface area contributed by atoms with Crippen LogP contribution in [0.25, 0.3) is 0 Å². The van der Waals surface area contributed by atoms with Crippen molar-refractivity contribution in [1.82, 2.24) is 4.98 Å². The van der Waals surface area contributed by atoms with Crippen LogP contribution in [0.1, 0.15) is 20.3 Å². The summed E-state index contributed by atoms with van der Waals surface area (Å²) in [5.74, 6) is -0.930. The van der Waals surface area contributed by atoms with Crippen LogP contribution >= 0.6 is 0 Å². The molecule has 0 fully saturated rings. The van der Waals surface area contributed by atoms with Gasteiger partial charge in [0.1, 0.15) is 5.82 Å². The van der Waals surface area contributed by atoms with Crippen molar-refractivity contribution in [3.63, 3.8) is 0 Å². The minimum Gasteiger partial charge on any atom is -0.481 e.